The van der Waals surface area contributed by atoms with Crippen LogP contribution in [0.2, 0.25) is 0 Å². The molecular weight excluding hydrogens is 616 g/mol. The summed E-state index contributed by atoms with van der Waals surface area (Å²) in [5.74, 6) is -6.29. The van der Waals surface area contributed by atoms with Crippen LogP contribution in [0.3, 0.4) is 0 Å². The van der Waals surface area contributed by atoms with Gasteiger partial charge in [0.2, 0.25) is 11.4 Å². The molecule has 0 aromatic carbocycles. The molecular formula is C24H26F8N8O4. The largest absolute Gasteiger partial charge is 0.439 e. The zero-order chi connectivity index (χ0) is 36.3. The molecule has 12 nitrogen and oxygen atoms in total. The molecule has 0 spiro atoms. The maximum atomic E-state index is 14.9. The van der Waals surface area contributed by atoms with Crippen LogP contribution < -0.4 is 10.6 Å². The highest BCUT2D eigenvalue weighted by Gasteiger charge is 2.47. The lowest BCUT2D eigenvalue weighted by molar-refractivity contribution is -0.214. The van der Waals surface area contributed by atoms with Gasteiger partial charge >= 0.3 is 18.4 Å². The third kappa shape index (κ3) is 6.99. The first-order chi connectivity index (χ1) is 21.9. The Morgan fingerprint density at radius 1 is 1.25 bits per heavy atom. The zero-order valence-corrected chi connectivity index (χ0v) is 22.8. The number of carbonyl (C=O) groups is 2. The number of fused-ring (bicyclic) bond motifs is 1. The topological polar surface area (TPSA) is 140 Å². The number of nitrogens with zero attached hydrogens (tertiary/aromatic N) is 6. The summed E-state index contributed by atoms with van der Waals surface area (Å²) in [6, 6.07) is -3.61. The maximum absolute atomic E-state index is 14.9. The van der Waals surface area contributed by atoms with Crippen LogP contribution in [0, 0.1) is 5.41 Å². The second kappa shape index (κ2) is 11.8. The SMILES string of the molecule is [2H]C1([2H])NC(=O)N([C@H](COC)c2cnn3cc([C@H](CCC(C)(C)C(F)(F)F)NC(=O)c4nonc4C(F)(F)F)nc3c2)C([2H])([2H])C1(F)F. The van der Waals surface area contributed by atoms with Crippen molar-refractivity contribution in [1.82, 2.24) is 40.4 Å². The third-order valence-corrected chi connectivity index (χ3v) is 6.65. The van der Waals surface area contributed by atoms with E-state index >= 15 is 0 Å². The molecule has 0 bridgehead atoms. The minimum absolute atomic E-state index is 0.0294. The minimum atomic E-state index is -5.17. The van der Waals surface area contributed by atoms with Crippen molar-refractivity contribution in [3.8, 4) is 0 Å². The fraction of sp³-hybridized carbons (Fsp3) is 0.583. The zero-order valence-electron chi connectivity index (χ0n) is 26.8. The Bertz CT molecular complexity index is 1680. The highest BCUT2D eigenvalue weighted by molar-refractivity contribution is 5.93. The lowest BCUT2D eigenvalue weighted by atomic mass is 9.85. The molecule has 1 aliphatic heterocycles. The van der Waals surface area contributed by atoms with Crippen molar-refractivity contribution in [2.45, 2.75) is 57.0 Å². The van der Waals surface area contributed by atoms with E-state index in [0.29, 0.717) is 0 Å². The van der Waals surface area contributed by atoms with Gasteiger partial charge in [-0.25, -0.2) is 27.7 Å². The number of ether oxygens (including phenoxy) is 1. The number of methoxy groups -OCH3 is 1. The molecule has 3 aromatic rings. The molecule has 242 valence electrons. The van der Waals surface area contributed by atoms with Crippen LogP contribution in [0.5, 0.6) is 0 Å². The fourth-order valence-electron chi connectivity index (χ4n) is 4.07. The van der Waals surface area contributed by atoms with E-state index in [-0.39, 0.29) is 21.8 Å². The van der Waals surface area contributed by atoms with Crippen molar-refractivity contribution in [3.05, 3.63) is 41.1 Å². The molecule has 0 aliphatic carbocycles. The standard InChI is InChI=1S/C24H26F8N8O4/c1-21(2,24(30,31)32)5-4-13(36-19(41)17-18(23(27,28)29)38-44-37-17)14-8-40-16(35-14)6-12(7-34-40)15(9-43-3)39-11-22(25,26)10-33-20(39)42/h6-8,13,15H,4-5,9-11H2,1-3H3,(H,33,42)(H,36,41)/t13-,15+/m0/s1/i10D2,11D2. The number of hydrogen-bond donors (Lipinski definition) is 2. The molecule has 0 unspecified atom stereocenters. The number of alkyl halides is 8. The van der Waals surface area contributed by atoms with E-state index in [2.05, 4.69) is 30.3 Å². The number of nitrogens with one attached hydrogen (secondary N) is 2. The van der Waals surface area contributed by atoms with E-state index in [4.69, 9.17) is 10.2 Å². The molecule has 1 saturated heterocycles. The van der Waals surface area contributed by atoms with Crippen LogP contribution in [0.15, 0.2) is 23.1 Å². The van der Waals surface area contributed by atoms with Crippen molar-refractivity contribution in [1.29, 1.82) is 0 Å². The van der Waals surface area contributed by atoms with Gasteiger partial charge in [-0.05, 0) is 29.2 Å². The van der Waals surface area contributed by atoms with E-state index in [0.717, 1.165) is 43.9 Å². The highest BCUT2D eigenvalue weighted by atomic mass is 19.4. The molecule has 3 amide bonds. The van der Waals surface area contributed by atoms with Crippen LogP contribution in [0.4, 0.5) is 39.9 Å². The fourth-order valence-corrected chi connectivity index (χ4v) is 4.07. The van der Waals surface area contributed by atoms with Crippen molar-refractivity contribution in [2.24, 2.45) is 5.41 Å². The molecule has 2 N–H and O–H groups in total. The number of imidazole rings is 1. The lowest BCUT2D eigenvalue weighted by Crippen LogP contribution is -2.58. The second-order valence-electron chi connectivity index (χ2n) is 10.2. The summed E-state index contributed by atoms with van der Waals surface area (Å²) in [5, 5.41) is 13.2. The van der Waals surface area contributed by atoms with Gasteiger partial charge in [0.15, 0.2) is 5.65 Å². The molecule has 4 heterocycles. The summed E-state index contributed by atoms with van der Waals surface area (Å²) in [6.07, 6.45) is -8.97. The Balaban J connectivity index is 1.74. The Morgan fingerprint density at radius 2 is 1.95 bits per heavy atom. The number of aromatic nitrogens is 5. The van der Waals surface area contributed by atoms with Crippen LogP contribution >= 0.6 is 0 Å². The molecule has 1 fully saturated rings. The molecule has 2 atom stereocenters. The smallest absolute Gasteiger partial charge is 0.382 e. The Kier molecular flexibility index (Phi) is 7.34. The average molecular weight is 647 g/mol. The van der Waals surface area contributed by atoms with Crippen molar-refractivity contribution >= 4 is 17.6 Å². The Labute approximate surface area is 248 Å². The predicted octanol–water partition coefficient (Wildman–Crippen LogP) is 4.32. The van der Waals surface area contributed by atoms with Gasteiger partial charge in [0.25, 0.3) is 11.8 Å². The van der Waals surface area contributed by atoms with Crippen LogP contribution in [-0.2, 0) is 10.9 Å². The number of halogens is 8. The summed E-state index contributed by atoms with van der Waals surface area (Å²) >= 11 is 0. The number of hydrogen-bond acceptors (Lipinski definition) is 8. The van der Waals surface area contributed by atoms with E-state index in [1.54, 1.807) is 0 Å². The van der Waals surface area contributed by atoms with Gasteiger partial charge in [0.1, 0.15) is 0 Å². The number of urea groups is 1. The summed E-state index contributed by atoms with van der Waals surface area (Å²) < 4.78 is 152. The third-order valence-electron chi connectivity index (χ3n) is 6.65. The first kappa shape index (κ1) is 27.4. The molecule has 44 heavy (non-hydrogen) atoms. The van der Waals surface area contributed by atoms with E-state index in [1.807, 2.05) is 0 Å². The summed E-state index contributed by atoms with van der Waals surface area (Å²) in [6.45, 7) is -6.57. The Hall–Kier alpha value is -4.10. The summed E-state index contributed by atoms with van der Waals surface area (Å²) in [4.78, 5) is 29.8. The first-order valence-corrected chi connectivity index (χ1v) is 12.5. The first-order valence-electron chi connectivity index (χ1n) is 14.5. The second-order valence-corrected chi connectivity index (χ2v) is 10.2. The number of rotatable bonds is 10. The number of carbonyl (C=O) groups excluding carboxylic acids is 2. The number of amides is 3. The molecule has 0 saturated carbocycles. The van der Waals surface area contributed by atoms with Crippen LogP contribution in [0.25, 0.3) is 5.65 Å². The Morgan fingerprint density at radius 3 is 2.59 bits per heavy atom. The van der Waals surface area contributed by atoms with Crippen molar-refractivity contribution in [2.75, 3.05) is 26.7 Å². The van der Waals surface area contributed by atoms with Crippen molar-refractivity contribution < 1.29 is 59.6 Å². The quantitative estimate of drug-likeness (QED) is 0.311. The summed E-state index contributed by atoms with van der Waals surface area (Å²) in [5.41, 5.74) is -5.99. The normalized spacial score (nSPS) is 21.1. The molecule has 4 rings (SSSR count). The average Bonchev–Trinajstić information content (AvgIpc) is 3.60. The van der Waals surface area contributed by atoms with E-state index in [9.17, 15) is 44.7 Å². The van der Waals surface area contributed by atoms with Gasteiger partial charge < -0.3 is 20.3 Å². The van der Waals surface area contributed by atoms with Crippen LogP contribution in [-0.4, -0.2) is 80.6 Å². The lowest BCUT2D eigenvalue weighted by Gasteiger charge is -2.38. The molecule has 0 radical (unpaired) electrons. The van der Waals surface area contributed by atoms with Gasteiger partial charge in [-0.1, -0.05) is 13.8 Å². The van der Waals surface area contributed by atoms with E-state index < -0.39 is 91.5 Å². The van der Waals surface area contributed by atoms with Gasteiger partial charge in [-0.15, -0.1) is 0 Å². The van der Waals surface area contributed by atoms with Gasteiger partial charge in [0, 0.05) is 12.7 Å². The summed E-state index contributed by atoms with van der Waals surface area (Å²) in [7, 11) is 1.10. The highest BCUT2D eigenvalue weighted by Crippen LogP contribution is 2.42. The van der Waals surface area contributed by atoms with Crippen molar-refractivity contribution in [3.63, 3.8) is 0 Å². The van der Waals surface area contributed by atoms with Crippen LogP contribution in [0.1, 0.15) is 71.7 Å². The predicted molar refractivity (Wildman–Crippen MR) is 131 cm³/mol. The monoisotopic (exact) mass is 646 g/mol. The van der Waals surface area contributed by atoms with E-state index in [1.165, 1.54) is 5.32 Å². The minimum Gasteiger partial charge on any atom is -0.382 e. The van der Waals surface area contributed by atoms with Gasteiger partial charge in [-0.2, -0.15) is 31.4 Å². The van der Waals surface area contributed by atoms with Gasteiger partial charge in [0.05, 0.1) is 60.7 Å². The molecule has 3 aromatic heterocycles. The molecule has 20 heteroatoms. The van der Waals surface area contributed by atoms with Gasteiger partial charge in [-0.3, -0.25) is 4.79 Å². The maximum Gasteiger partial charge on any atom is 0.439 e. The molecule has 1 aliphatic rings.